The standard InChI is InChI=1S/C18H27F3OSi/c1-14(2)16(15-8-4-3-5-9-15)17(10-6-7-12-22-17)23-13-11-18(19,20)21/h3-5,8-9,14,16H,6-7,10-13,23H2,1-2H3. The van der Waals surface area contributed by atoms with Gasteiger partial charge >= 0.3 is 6.18 Å². The largest absolute Gasteiger partial charge is 0.388 e. The molecule has 0 amide bonds. The van der Waals surface area contributed by atoms with Gasteiger partial charge in [-0.1, -0.05) is 50.2 Å². The van der Waals surface area contributed by atoms with Gasteiger partial charge in [-0.25, -0.2) is 0 Å². The van der Waals surface area contributed by atoms with Crippen LogP contribution in [0, 0.1) is 5.92 Å². The van der Waals surface area contributed by atoms with Crippen molar-refractivity contribution in [3.63, 3.8) is 0 Å². The van der Waals surface area contributed by atoms with Crippen LogP contribution in [0.25, 0.3) is 0 Å². The minimum absolute atomic E-state index is 0.198. The molecule has 1 aliphatic rings. The van der Waals surface area contributed by atoms with E-state index in [2.05, 4.69) is 26.0 Å². The average Bonchev–Trinajstić information content (AvgIpc) is 2.47. The highest BCUT2D eigenvalue weighted by Gasteiger charge is 2.43. The summed E-state index contributed by atoms with van der Waals surface area (Å²) in [4.78, 5) is 0. The second-order valence-electron chi connectivity index (χ2n) is 6.97. The minimum Gasteiger partial charge on any atom is -0.379 e. The number of benzene rings is 1. The fourth-order valence-electron chi connectivity index (χ4n) is 4.02. The first-order valence-electron chi connectivity index (χ1n) is 8.60. The molecule has 1 nitrogen and oxygen atoms in total. The first-order valence-corrected chi connectivity index (χ1v) is 10.3. The topological polar surface area (TPSA) is 9.23 Å². The predicted octanol–water partition coefficient (Wildman–Crippen LogP) is 4.86. The summed E-state index contributed by atoms with van der Waals surface area (Å²) >= 11 is 0. The summed E-state index contributed by atoms with van der Waals surface area (Å²) in [5.41, 5.74) is 1.21. The van der Waals surface area contributed by atoms with Crippen LogP contribution in [0.2, 0.25) is 6.04 Å². The molecule has 1 aromatic rings. The zero-order valence-corrected chi connectivity index (χ0v) is 15.4. The van der Waals surface area contributed by atoms with E-state index in [0.717, 1.165) is 19.3 Å². The van der Waals surface area contributed by atoms with Crippen molar-refractivity contribution >= 4 is 9.52 Å². The van der Waals surface area contributed by atoms with Crippen LogP contribution in [0.5, 0.6) is 0 Å². The lowest BCUT2D eigenvalue weighted by Crippen LogP contribution is -2.49. The van der Waals surface area contributed by atoms with Crippen LogP contribution in [0.4, 0.5) is 13.2 Å². The maximum atomic E-state index is 12.6. The molecule has 2 unspecified atom stereocenters. The van der Waals surface area contributed by atoms with Crippen molar-refractivity contribution in [3.05, 3.63) is 35.9 Å². The fourth-order valence-corrected chi connectivity index (χ4v) is 7.00. The second kappa shape index (κ2) is 7.84. The molecule has 23 heavy (non-hydrogen) atoms. The molecular formula is C18H27F3OSi. The van der Waals surface area contributed by atoms with Crippen LogP contribution in [-0.2, 0) is 4.74 Å². The SMILES string of the molecule is CC(C)C(c1ccccc1)C1([SiH2]CCC(F)(F)F)CCCCO1. The van der Waals surface area contributed by atoms with Crippen molar-refractivity contribution in [1.82, 2.24) is 0 Å². The normalized spacial score (nSPS) is 24.4. The summed E-state index contributed by atoms with van der Waals surface area (Å²) in [6, 6.07) is 10.5. The van der Waals surface area contributed by atoms with Gasteiger partial charge in [0.05, 0.1) is 14.7 Å². The van der Waals surface area contributed by atoms with Gasteiger partial charge in [-0.2, -0.15) is 13.2 Å². The Morgan fingerprint density at radius 3 is 2.39 bits per heavy atom. The van der Waals surface area contributed by atoms with Gasteiger partial charge < -0.3 is 4.74 Å². The van der Waals surface area contributed by atoms with Gasteiger partial charge in [0.25, 0.3) is 0 Å². The highest BCUT2D eigenvalue weighted by atomic mass is 28.2. The van der Waals surface area contributed by atoms with Gasteiger partial charge in [0.2, 0.25) is 0 Å². The summed E-state index contributed by atoms with van der Waals surface area (Å²) in [5.74, 6) is 0.554. The lowest BCUT2D eigenvalue weighted by Gasteiger charge is -2.46. The Hall–Kier alpha value is -0.813. The second-order valence-corrected chi connectivity index (χ2v) is 9.38. The van der Waals surface area contributed by atoms with E-state index >= 15 is 0 Å². The Labute approximate surface area is 139 Å². The first-order chi connectivity index (χ1) is 10.8. The molecule has 2 atom stereocenters. The van der Waals surface area contributed by atoms with Crippen LogP contribution in [0.3, 0.4) is 0 Å². The maximum Gasteiger partial charge on any atom is 0.388 e. The zero-order chi connectivity index (χ0) is 16.9. The predicted molar refractivity (Wildman–Crippen MR) is 90.6 cm³/mol. The van der Waals surface area contributed by atoms with E-state index in [1.54, 1.807) is 0 Å². The molecule has 1 fully saturated rings. The molecule has 130 valence electrons. The summed E-state index contributed by atoms with van der Waals surface area (Å²) in [7, 11) is -0.997. The van der Waals surface area contributed by atoms with E-state index in [4.69, 9.17) is 4.74 Å². The molecule has 0 spiro atoms. The summed E-state index contributed by atoms with van der Waals surface area (Å²) in [6.07, 6.45) is -1.72. The van der Waals surface area contributed by atoms with Gasteiger partial charge in [-0.05, 0) is 30.7 Å². The number of hydrogen-bond donors (Lipinski definition) is 0. The Kier molecular flexibility index (Phi) is 6.31. The Balaban J connectivity index is 2.23. The Morgan fingerprint density at radius 1 is 1.17 bits per heavy atom. The molecule has 5 heteroatoms. The van der Waals surface area contributed by atoms with Crippen LogP contribution < -0.4 is 0 Å². The third-order valence-corrected chi connectivity index (χ3v) is 7.39. The summed E-state index contributed by atoms with van der Waals surface area (Å²) in [6.45, 7) is 5.01. The van der Waals surface area contributed by atoms with E-state index in [9.17, 15) is 13.2 Å². The van der Waals surface area contributed by atoms with E-state index < -0.39 is 22.1 Å². The molecule has 0 N–H and O–H groups in total. The molecular weight excluding hydrogens is 317 g/mol. The molecule has 0 radical (unpaired) electrons. The molecule has 0 aliphatic carbocycles. The molecule has 0 bridgehead atoms. The Bertz CT molecular complexity index is 467. The van der Waals surface area contributed by atoms with Crippen LogP contribution in [0.1, 0.15) is 51.0 Å². The van der Waals surface area contributed by atoms with Crippen molar-refractivity contribution in [2.24, 2.45) is 5.92 Å². The zero-order valence-electron chi connectivity index (χ0n) is 14.0. The third kappa shape index (κ3) is 5.08. The lowest BCUT2D eigenvalue weighted by molar-refractivity contribution is -0.131. The molecule has 1 heterocycles. The number of halogens is 3. The molecule has 0 aromatic heterocycles. The fraction of sp³-hybridized carbons (Fsp3) is 0.667. The van der Waals surface area contributed by atoms with E-state index in [-0.39, 0.29) is 17.2 Å². The van der Waals surface area contributed by atoms with Gasteiger partial charge in [0.15, 0.2) is 0 Å². The average molecular weight is 344 g/mol. The van der Waals surface area contributed by atoms with E-state index in [1.165, 1.54) is 5.56 Å². The molecule has 1 aliphatic heterocycles. The number of alkyl halides is 3. The number of rotatable bonds is 6. The summed E-state index contributed by atoms with van der Waals surface area (Å²) in [5, 5.41) is -0.320. The smallest absolute Gasteiger partial charge is 0.379 e. The first kappa shape index (κ1) is 18.5. The highest BCUT2D eigenvalue weighted by molar-refractivity contribution is 6.40. The van der Waals surface area contributed by atoms with Crippen LogP contribution >= 0.6 is 0 Å². The molecule has 0 saturated carbocycles. The van der Waals surface area contributed by atoms with Gasteiger partial charge in [0.1, 0.15) is 0 Å². The number of ether oxygens (including phenoxy) is 1. The van der Waals surface area contributed by atoms with Crippen molar-refractivity contribution in [1.29, 1.82) is 0 Å². The summed E-state index contributed by atoms with van der Waals surface area (Å²) < 4.78 is 44.0. The monoisotopic (exact) mass is 344 g/mol. The van der Waals surface area contributed by atoms with Crippen molar-refractivity contribution in [2.45, 2.75) is 62.9 Å². The van der Waals surface area contributed by atoms with Crippen LogP contribution in [0.15, 0.2) is 30.3 Å². The highest BCUT2D eigenvalue weighted by Crippen LogP contribution is 2.43. The molecule has 2 rings (SSSR count). The van der Waals surface area contributed by atoms with Gasteiger partial charge in [-0.15, -0.1) is 0 Å². The van der Waals surface area contributed by atoms with Gasteiger partial charge in [-0.3, -0.25) is 0 Å². The number of hydrogen-bond acceptors (Lipinski definition) is 1. The van der Waals surface area contributed by atoms with Crippen LogP contribution in [-0.4, -0.2) is 27.5 Å². The van der Waals surface area contributed by atoms with E-state index in [1.807, 2.05) is 18.2 Å². The third-order valence-electron chi connectivity index (χ3n) is 4.84. The van der Waals surface area contributed by atoms with Crippen molar-refractivity contribution in [3.8, 4) is 0 Å². The Morgan fingerprint density at radius 2 is 1.87 bits per heavy atom. The maximum absolute atomic E-state index is 12.6. The van der Waals surface area contributed by atoms with E-state index in [0.29, 0.717) is 12.5 Å². The van der Waals surface area contributed by atoms with Crippen molar-refractivity contribution < 1.29 is 17.9 Å². The minimum atomic E-state index is -4.05. The molecule has 1 saturated heterocycles. The molecule has 1 aromatic carbocycles. The lowest BCUT2D eigenvalue weighted by atomic mass is 9.80. The van der Waals surface area contributed by atoms with Gasteiger partial charge in [0, 0.05) is 18.9 Å². The van der Waals surface area contributed by atoms with Crippen molar-refractivity contribution in [2.75, 3.05) is 6.61 Å². The quantitative estimate of drug-likeness (QED) is 0.670.